The summed E-state index contributed by atoms with van der Waals surface area (Å²) in [7, 11) is 0. The first kappa shape index (κ1) is 32.2. The number of ether oxygens (including phenoxy) is 2. The van der Waals surface area contributed by atoms with Gasteiger partial charge in [0, 0.05) is 42.8 Å². The lowest BCUT2D eigenvalue weighted by Crippen LogP contribution is -2.58. The van der Waals surface area contributed by atoms with Crippen LogP contribution in [0.4, 0.5) is 5.69 Å². The molecular formula is C32H44BrN3O6. The molecule has 3 saturated heterocycles. The predicted molar refractivity (Wildman–Crippen MR) is 166 cm³/mol. The smallest absolute Gasteiger partial charge is 0.248 e. The molecule has 1 aromatic carbocycles. The summed E-state index contributed by atoms with van der Waals surface area (Å²) < 4.78 is 12.3. The molecular weight excluding hydrogens is 602 g/mol. The SMILES string of the molecule is C=CCN(C(=O)[C@H]1[C@H]2C(=O)N(CCCCCO)C(C(=O)N(CC=C)C(C)C)C23CC(Br)[C@@H]1O3)c1ccc(OCC)cc1. The Labute approximate surface area is 257 Å². The Morgan fingerprint density at radius 1 is 1.17 bits per heavy atom. The van der Waals surface area contributed by atoms with Gasteiger partial charge in [-0.05, 0) is 70.7 Å². The molecule has 2 bridgehead atoms. The van der Waals surface area contributed by atoms with E-state index in [0.717, 1.165) is 6.42 Å². The van der Waals surface area contributed by atoms with Gasteiger partial charge in [0.15, 0.2) is 0 Å². The summed E-state index contributed by atoms with van der Waals surface area (Å²) in [6, 6.07) is 6.32. The Balaban J connectivity index is 1.73. The molecule has 3 unspecified atom stereocenters. The number of likely N-dealkylation sites (tertiary alicyclic amines) is 1. The summed E-state index contributed by atoms with van der Waals surface area (Å²) in [6.45, 7) is 15.0. The van der Waals surface area contributed by atoms with Crippen LogP contribution in [0.2, 0.25) is 0 Å². The lowest BCUT2D eigenvalue weighted by atomic mass is 9.70. The van der Waals surface area contributed by atoms with Gasteiger partial charge in [0.05, 0.1) is 24.5 Å². The van der Waals surface area contributed by atoms with Crippen molar-refractivity contribution in [1.82, 2.24) is 9.80 Å². The molecule has 3 amide bonds. The Morgan fingerprint density at radius 3 is 2.45 bits per heavy atom. The monoisotopic (exact) mass is 645 g/mol. The van der Waals surface area contributed by atoms with Crippen LogP contribution in [0.3, 0.4) is 0 Å². The van der Waals surface area contributed by atoms with Crippen LogP contribution in [0.25, 0.3) is 0 Å². The van der Waals surface area contributed by atoms with E-state index in [9.17, 15) is 19.5 Å². The number of unbranched alkanes of at least 4 members (excludes halogenated alkanes) is 2. The number of halogens is 1. The number of aliphatic hydroxyl groups excluding tert-OH is 1. The topological polar surface area (TPSA) is 99.6 Å². The fraction of sp³-hybridized carbons (Fsp3) is 0.594. The number of anilines is 1. The van der Waals surface area contributed by atoms with Gasteiger partial charge in [0.1, 0.15) is 17.4 Å². The largest absolute Gasteiger partial charge is 0.494 e. The van der Waals surface area contributed by atoms with E-state index in [4.69, 9.17) is 9.47 Å². The Hall–Kier alpha value is -2.69. The van der Waals surface area contributed by atoms with Gasteiger partial charge in [-0.3, -0.25) is 14.4 Å². The predicted octanol–water partition coefficient (Wildman–Crippen LogP) is 3.94. The van der Waals surface area contributed by atoms with E-state index in [0.29, 0.717) is 50.4 Å². The summed E-state index contributed by atoms with van der Waals surface area (Å²) in [5.41, 5.74) is -0.459. The van der Waals surface area contributed by atoms with Crippen molar-refractivity contribution in [3.05, 3.63) is 49.6 Å². The zero-order chi connectivity index (χ0) is 30.6. The molecule has 3 heterocycles. The Bertz CT molecular complexity index is 1160. The summed E-state index contributed by atoms with van der Waals surface area (Å²) in [5.74, 6) is -1.49. The molecule has 42 heavy (non-hydrogen) atoms. The number of nitrogens with zero attached hydrogens (tertiary/aromatic N) is 3. The van der Waals surface area contributed by atoms with E-state index in [1.807, 2.05) is 45.0 Å². The van der Waals surface area contributed by atoms with E-state index in [1.165, 1.54) is 0 Å². The molecule has 1 aromatic rings. The normalized spacial score (nSPS) is 27.7. The van der Waals surface area contributed by atoms with E-state index >= 15 is 0 Å². The zero-order valence-corrected chi connectivity index (χ0v) is 26.5. The number of amides is 3. The maximum Gasteiger partial charge on any atom is 0.248 e. The van der Waals surface area contributed by atoms with Gasteiger partial charge in [-0.15, -0.1) is 13.2 Å². The Morgan fingerprint density at radius 2 is 1.86 bits per heavy atom. The van der Waals surface area contributed by atoms with Crippen LogP contribution in [-0.2, 0) is 19.1 Å². The minimum atomic E-state index is -1.13. The molecule has 3 fully saturated rings. The number of benzene rings is 1. The van der Waals surface area contributed by atoms with E-state index < -0.39 is 29.6 Å². The average molecular weight is 647 g/mol. The molecule has 1 N–H and O–H groups in total. The van der Waals surface area contributed by atoms with Crippen molar-refractivity contribution in [1.29, 1.82) is 0 Å². The fourth-order valence-electron chi connectivity index (χ4n) is 6.87. The second-order valence-corrected chi connectivity index (χ2v) is 12.7. The highest BCUT2D eigenvalue weighted by atomic mass is 79.9. The van der Waals surface area contributed by atoms with Crippen LogP contribution < -0.4 is 9.64 Å². The van der Waals surface area contributed by atoms with Gasteiger partial charge in [-0.1, -0.05) is 28.1 Å². The number of alkyl halides is 1. The van der Waals surface area contributed by atoms with Crippen LogP contribution in [0.15, 0.2) is 49.6 Å². The van der Waals surface area contributed by atoms with Gasteiger partial charge in [-0.25, -0.2) is 0 Å². The molecule has 10 heteroatoms. The number of carbonyl (C=O) groups excluding carboxylic acids is 3. The first-order chi connectivity index (χ1) is 20.2. The lowest BCUT2D eigenvalue weighted by molar-refractivity contribution is -0.149. The summed E-state index contributed by atoms with van der Waals surface area (Å²) >= 11 is 3.76. The highest BCUT2D eigenvalue weighted by molar-refractivity contribution is 9.09. The zero-order valence-electron chi connectivity index (χ0n) is 24.9. The maximum absolute atomic E-state index is 14.4. The first-order valence-corrected chi connectivity index (χ1v) is 15.9. The molecule has 9 nitrogen and oxygen atoms in total. The minimum absolute atomic E-state index is 0.0701. The standard InChI is InChI=1S/C32H44BrN3O6/c1-6-16-34(21(4)5)31(40)28-32-20-24(33)27(42-32)25(26(32)30(39)36(28)18-10-9-11-19-37)29(38)35(17-7-2)22-12-14-23(15-13-22)41-8-3/h6-7,12-15,21,24-28,37H,1-2,8-11,16-20H2,3-5H3/t24?,25-,26-,27-,28?,32?/m0/s1. The second-order valence-electron chi connectivity index (χ2n) is 11.5. The molecule has 0 aliphatic carbocycles. The van der Waals surface area contributed by atoms with Crippen molar-refractivity contribution in [2.24, 2.45) is 11.8 Å². The van der Waals surface area contributed by atoms with Gasteiger partial charge in [0.25, 0.3) is 0 Å². The molecule has 0 saturated carbocycles. The highest BCUT2D eigenvalue weighted by Gasteiger charge is 2.76. The van der Waals surface area contributed by atoms with Crippen LogP contribution in [0.5, 0.6) is 5.75 Å². The van der Waals surface area contributed by atoms with Crippen LogP contribution >= 0.6 is 15.9 Å². The number of fused-ring (bicyclic) bond motifs is 1. The van der Waals surface area contributed by atoms with Gasteiger partial charge in [0.2, 0.25) is 17.7 Å². The van der Waals surface area contributed by atoms with Crippen molar-refractivity contribution >= 4 is 39.3 Å². The molecule has 1 spiro atoms. The molecule has 0 radical (unpaired) electrons. The van der Waals surface area contributed by atoms with Gasteiger partial charge < -0.3 is 29.3 Å². The van der Waals surface area contributed by atoms with Crippen molar-refractivity contribution < 1.29 is 29.0 Å². The molecule has 4 rings (SSSR count). The third kappa shape index (κ3) is 5.77. The van der Waals surface area contributed by atoms with Gasteiger partial charge in [-0.2, -0.15) is 0 Å². The lowest BCUT2D eigenvalue weighted by Gasteiger charge is -2.38. The second kappa shape index (κ2) is 13.7. The number of carbonyl (C=O) groups is 3. The van der Waals surface area contributed by atoms with Crippen LogP contribution in [0.1, 0.15) is 46.5 Å². The van der Waals surface area contributed by atoms with E-state index in [1.54, 1.807) is 26.9 Å². The Kier molecular flexibility index (Phi) is 10.5. The van der Waals surface area contributed by atoms with Crippen molar-refractivity contribution in [2.75, 3.05) is 37.7 Å². The fourth-order valence-corrected chi connectivity index (χ4v) is 7.82. The van der Waals surface area contributed by atoms with Crippen LogP contribution in [-0.4, -0.2) is 94.1 Å². The van der Waals surface area contributed by atoms with Crippen molar-refractivity contribution in [2.45, 2.75) is 75.1 Å². The van der Waals surface area contributed by atoms with Crippen molar-refractivity contribution in [3.8, 4) is 5.75 Å². The van der Waals surface area contributed by atoms with Crippen molar-refractivity contribution in [3.63, 3.8) is 0 Å². The van der Waals surface area contributed by atoms with E-state index in [2.05, 4.69) is 29.1 Å². The molecule has 3 aliphatic rings. The molecule has 3 aliphatic heterocycles. The quantitative estimate of drug-likeness (QED) is 0.176. The first-order valence-electron chi connectivity index (χ1n) is 15.0. The summed E-state index contributed by atoms with van der Waals surface area (Å²) in [4.78, 5) is 47.9. The number of rotatable bonds is 15. The van der Waals surface area contributed by atoms with Gasteiger partial charge >= 0.3 is 0 Å². The number of aliphatic hydroxyl groups is 1. The minimum Gasteiger partial charge on any atom is -0.494 e. The third-order valence-electron chi connectivity index (χ3n) is 8.63. The van der Waals surface area contributed by atoms with E-state index in [-0.39, 0.29) is 41.7 Å². The number of hydrogen-bond donors (Lipinski definition) is 1. The number of hydrogen-bond acceptors (Lipinski definition) is 6. The highest BCUT2D eigenvalue weighted by Crippen LogP contribution is 2.60. The molecule has 0 aromatic heterocycles. The third-order valence-corrected chi connectivity index (χ3v) is 9.48. The molecule has 230 valence electrons. The van der Waals surface area contributed by atoms with Crippen LogP contribution in [0, 0.1) is 11.8 Å². The maximum atomic E-state index is 14.4. The molecule has 6 atom stereocenters. The average Bonchev–Trinajstić information content (AvgIpc) is 3.56. The summed E-state index contributed by atoms with van der Waals surface area (Å²) in [5, 5.41) is 9.28. The summed E-state index contributed by atoms with van der Waals surface area (Å²) in [6.07, 6.45) is 5.22.